The van der Waals surface area contributed by atoms with Crippen LogP contribution in [0, 0.1) is 6.92 Å². The summed E-state index contributed by atoms with van der Waals surface area (Å²) in [5, 5.41) is 0. The van der Waals surface area contributed by atoms with Gasteiger partial charge in [-0.05, 0) is 71.1 Å². The highest BCUT2D eigenvalue weighted by atomic mass is 19.4. The fourth-order valence-electron chi connectivity index (χ4n) is 7.12. The smallest absolute Gasteiger partial charge is 0.411 e. The average molecular weight is 743 g/mol. The van der Waals surface area contributed by atoms with Crippen molar-refractivity contribution in [3.63, 3.8) is 0 Å². The Morgan fingerprint density at radius 3 is 1.56 bits per heavy atom. The first-order chi connectivity index (χ1) is 25.6. The lowest BCUT2D eigenvalue weighted by atomic mass is 9.71. The van der Waals surface area contributed by atoms with E-state index in [9.17, 15) is 19.2 Å². The second kappa shape index (κ2) is 13.0. The van der Waals surface area contributed by atoms with E-state index in [1.165, 1.54) is 6.07 Å². The van der Waals surface area contributed by atoms with Crippen LogP contribution in [0.2, 0.25) is 0 Å². The molecule has 7 nitrogen and oxygen atoms in total. The number of anilines is 1. The minimum atomic E-state index is -6.08. The number of halogens is 6. The Morgan fingerprint density at radius 1 is 0.574 bits per heavy atom. The lowest BCUT2D eigenvalue weighted by molar-refractivity contribution is -0.288. The molecule has 4 amide bonds. The number of ether oxygens (including phenoxy) is 1. The molecule has 5 aromatic carbocycles. The van der Waals surface area contributed by atoms with Crippen molar-refractivity contribution in [3.05, 3.63) is 165 Å². The van der Waals surface area contributed by atoms with Crippen molar-refractivity contribution in [2.75, 3.05) is 18.6 Å². The molecular formula is C41H28F6N2O5. The Kier molecular flexibility index (Phi) is 8.70. The molecule has 5 aromatic rings. The van der Waals surface area contributed by atoms with Crippen molar-refractivity contribution in [1.29, 1.82) is 0 Å². The van der Waals surface area contributed by atoms with Crippen molar-refractivity contribution in [2.24, 2.45) is 0 Å². The predicted molar refractivity (Wildman–Crippen MR) is 185 cm³/mol. The molecule has 0 aromatic heterocycles. The van der Waals surface area contributed by atoms with Crippen LogP contribution >= 0.6 is 0 Å². The highest BCUT2D eigenvalue weighted by Crippen LogP contribution is 2.57. The maximum Gasteiger partial charge on any atom is 0.411 e. The van der Waals surface area contributed by atoms with Gasteiger partial charge in [0.2, 0.25) is 5.41 Å². The van der Waals surface area contributed by atoms with Crippen LogP contribution in [0.25, 0.3) is 0 Å². The number of nitrogens with zero attached hydrogens (tertiary/aromatic N) is 2. The molecule has 0 fully saturated rings. The number of fused-ring (bicyclic) bond motifs is 2. The molecule has 274 valence electrons. The van der Waals surface area contributed by atoms with Gasteiger partial charge in [-0.3, -0.25) is 24.1 Å². The molecule has 0 aliphatic carbocycles. The normalized spacial score (nSPS) is 14.6. The second-order valence-corrected chi connectivity index (χ2v) is 13.0. The number of hydrogen-bond acceptors (Lipinski definition) is 5. The molecule has 0 unspecified atom stereocenters. The summed E-state index contributed by atoms with van der Waals surface area (Å²) in [6.07, 6.45) is -12.2. The third-order valence-corrected chi connectivity index (χ3v) is 9.86. The fraction of sp³-hybridized carbons (Fsp3) is 0.171. The second-order valence-electron chi connectivity index (χ2n) is 13.0. The van der Waals surface area contributed by atoms with Crippen molar-refractivity contribution < 1.29 is 50.3 Å². The van der Waals surface area contributed by atoms with Crippen LogP contribution in [-0.2, 0) is 5.41 Å². The quantitative estimate of drug-likeness (QED) is 0.117. The summed E-state index contributed by atoms with van der Waals surface area (Å²) in [6, 6.07) is 26.7. The summed E-state index contributed by atoms with van der Waals surface area (Å²) in [6.45, 7) is 1.79. The van der Waals surface area contributed by atoms with Crippen LogP contribution in [0.1, 0.15) is 75.2 Å². The van der Waals surface area contributed by atoms with E-state index in [-0.39, 0.29) is 29.5 Å². The van der Waals surface area contributed by atoms with E-state index in [1.54, 1.807) is 19.1 Å². The SMILES string of the molecule is Cc1ccc(N2C(=O)c3ccc(C(c4ccc5c(c4)C(=O)N(C)C5=O)(C(F)(F)F)C(F)(F)F)cc3C2=O)c(OCC(c2ccccc2)c2ccccc2)c1. The minimum Gasteiger partial charge on any atom is -0.490 e. The van der Waals surface area contributed by atoms with Gasteiger partial charge in [0.25, 0.3) is 23.6 Å². The van der Waals surface area contributed by atoms with Crippen molar-refractivity contribution in [2.45, 2.75) is 30.6 Å². The Hall–Kier alpha value is -6.24. The molecule has 0 N–H and O–H groups in total. The first-order valence-corrected chi connectivity index (χ1v) is 16.5. The van der Waals surface area contributed by atoms with Gasteiger partial charge in [-0.2, -0.15) is 26.3 Å². The monoisotopic (exact) mass is 742 g/mol. The van der Waals surface area contributed by atoms with Crippen LogP contribution in [-0.4, -0.2) is 54.5 Å². The van der Waals surface area contributed by atoms with Crippen molar-refractivity contribution in [3.8, 4) is 5.75 Å². The third kappa shape index (κ3) is 5.62. The van der Waals surface area contributed by atoms with Gasteiger partial charge >= 0.3 is 12.4 Å². The molecule has 7 rings (SSSR count). The van der Waals surface area contributed by atoms with Gasteiger partial charge in [-0.25, -0.2) is 4.90 Å². The van der Waals surface area contributed by atoms with Gasteiger partial charge in [-0.15, -0.1) is 0 Å². The number of alkyl halides is 6. The predicted octanol–water partition coefficient (Wildman–Crippen LogP) is 8.64. The summed E-state index contributed by atoms with van der Waals surface area (Å²) in [7, 11) is 1.05. The minimum absolute atomic E-state index is 0.0438. The molecule has 2 aliphatic rings. The molecule has 2 heterocycles. The van der Waals surface area contributed by atoms with E-state index in [2.05, 4.69) is 0 Å². The number of amides is 4. The third-order valence-electron chi connectivity index (χ3n) is 9.86. The van der Waals surface area contributed by atoms with Gasteiger partial charge in [0, 0.05) is 13.0 Å². The highest BCUT2D eigenvalue weighted by molar-refractivity contribution is 6.35. The van der Waals surface area contributed by atoms with Crippen molar-refractivity contribution in [1.82, 2.24) is 4.90 Å². The average Bonchev–Trinajstić information content (AvgIpc) is 3.51. The molecule has 2 aliphatic heterocycles. The van der Waals surface area contributed by atoms with Gasteiger partial charge in [0.1, 0.15) is 5.75 Å². The summed E-state index contributed by atoms with van der Waals surface area (Å²) < 4.78 is 97.1. The number of benzene rings is 5. The number of imide groups is 2. The Labute approximate surface area is 304 Å². The summed E-state index contributed by atoms with van der Waals surface area (Å²) in [5.41, 5.74) is -7.23. The molecule has 13 heteroatoms. The van der Waals surface area contributed by atoms with Gasteiger partial charge in [0.15, 0.2) is 0 Å². The van der Waals surface area contributed by atoms with Crippen LogP contribution in [0.4, 0.5) is 32.0 Å². The first-order valence-electron chi connectivity index (χ1n) is 16.5. The standard InChI is InChI=1S/C41H28F6N2O5/c1-23-13-18-33(34(19-23)54-22-32(24-9-5-3-6-10-24)25-11-7-4-8-12-25)49-37(52)29-17-15-27(21-31(29)38(49)53)39(40(42,43)44,41(45,46)47)26-14-16-28-30(20-26)36(51)48(2)35(28)50/h3-21,32H,22H2,1-2H3. The van der Waals surface area contributed by atoms with Crippen molar-refractivity contribution >= 4 is 29.3 Å². The van der Waals surface area contributed by atoms with E-state index >= 15 is 26.3 Å². The summed E-state index contributed by atoms with van der Waals surface area (Å²) >= 11 is 0. The lowest BCUT2D eigenvalue weighted by Gasteiger charge is -2.38. The zero-order valence-corrected chi connectivity index (χ0v) is 28.5. The topological polar surface area (TPSA) is 84.0 Å². The molecule has 0 atom stereocenters. The molecule has 0 bridgehead atoms. The number of carbonyl (C=O) groups excluding carboxylic acids is 4. The molecule has 0 radical (unpaired) electrons. The number of aryl methyl sites for hydroxylation is 1. The van der Waals surface area contributed by atoms with Crippen LogP contribution in [0.15, 0.2) is 115 Å². The van der Waals surface area contributed by atoms with Gasteiger partial charge < -0.3 is 4.74 Å². The number of carbonyl (C=O) groups is 4. The highest BCUT2D eigenvalue weighted by Gasteiger charge is 2.73. The van der Waals surface area contributed by atoms with Crippen LogP contribution in [0.3, 0.4) is 0 Å². The Bertz CT molecular complexity index is 2290. The largest absolute Gasteiger partial charge is 0.490 e. The molecule has 0 saturated heterocycles. The van der Waals surface area contributed by atoms with E-state index in [0.717, 1.165) is 30.3 Å². The molecule has 0 saturated carbocycles. The van der Waals surface area contributed by atoms with E-state index in [1.807, 2.05) is 60.7 Å². The molecule has 54 heavy (non-hydrogen) atoms. The van der Waals surface area contributed by atoms with Crippen LogP contribution in [0.5, 0.6) is 5.75 Å². The van der Waals surface area contributed by atoms with E-state index in [0.29, 0.717) is 39.6 Å². The summed E-state index contributed by atoms with van der Waals surface area (Å²) in [5.74, 6) is -4.31. The Balaban J connectivity index is 1.30. The number of hydrogen-bond donors (Lipinski definition) is 0. The number of rotatable bonds is 8. The zero-order chi connectivity index (χ0) is 38.7. The van der Waals surface area contributed by atoms with Gasteiger partial charge in [-0.1, -0.05) is 78.9 Å². The maximum atomic E-state index is 15.1. The molecular weight excluding hydrogens is 714 g/mol. The zero-order valence-electron chi connectivity index (χ0n) is 28.5. The lowest BCUT2D eigenvalue weighted by Crippen LogP contribution is -2.55. The van der Waals surface area contributed by atoms with E-state index < -0.39 is 69.2 Å². The van der Waals surface area contributed by atoms with Crippen LogP contribution < -0.4 is 9.64 Å². The maximum absolute atomic E-state index is 15.1. The summed E-state index contributed by atoms with van der Waals surface area (Å²) in [4.78, 5) is 54.1. The fourth-order valence-corrected chi connectivity index (χ4v) is 7.12. The van der Waals surface area contributed by atoms with E-state index in [4.69, 9.17) is 4.74 Å². The Morgan fingerprint density at radius 2 is 1.04 bits per heavy atom. The first kappa shape index (κ1) is 36.1. The van der Waals surface area contributed by atoms with Gasteiger partial charge in [0.05, 0.1) is 34.5 Å². The molecule has 0 spiro atoms.